The average molecular weight is 268 g/mol. The van der Waals surface area contributed by atoms with Crippen molar-refractivity contribution in [3.8, 4) is 6.07 Å². The van der Waals surface area contributed by atoms with Crippen LogP contribution in [0.4, 0.5) is 5.69 Å². The first-order valence-electron chi connectivity index (χ1n) is 6.53. The summed E-state index contributed by atoms with van der Waals surface area (Å²) in [6.45, 7) is 2.28. The summed E-state index contributed by atoms with van der Waals surface area (Å²) in [7, 11) is 0. The molecule has 102 valence electrons. The van der Waals surface area contributed by atoms with Crippen molar-refractivity contribution in [2.75, 3.05) is 5.32 Å². The zero-order valence-corrected chi connectivity index (χ0v) is 11.3. The third-order valence-electron chi connectivity index (χ3n) is 2.91. The van der Waals surface area contributed by atoms with Crippen LogP contribution in [0.1, 0.15) is 24.7 Å². The summed E-state index contributed by atoms with van der Waals surface area (Å²) < 4.78 is 1.83. The highest BCUT2D eigenvalue weighted by Gasteiger charge is 2.09. The van der Waals surface area contributed by atoms with Gasteiger partial charge in [0.25, 0.3) is 0 Å². The fourth-order valence-electron chi connectivity index (χ4n) is 1.97. The second-order valence-corrected chi connectivity index (χ2v) is 4.43. The van der Waals surface area contributed by atoms with E-state index in [9.17, 15) is 4.79 Å². The maximum Gasteiger partial charge on any atom is 0.244 e. The number of nitrogens with zero attached hydrogens (tertiary/aromatic N) is 3. The molecule has 0 aliphatic carbocycles. The van der Waals surface area contributed by atoms with Crippen LogP contribution in [0.15, 0.2) is 36.7 Å². The standard InChI is InChI=1S/C15H16N4O/c1-2-5-14-17-8-9-19(14)11-15(20)18-13-7-4-3-6-12(13)10-16/h3-4,6-9H,2,5,11H2,1H3,(H,18,20). The van der Waals surface area contributed by atoms with Gasteiger partial charge < -0.3 is 9.88 Å². The maximum absolute atomic E-state index is 12.0. The summed E-state index contributed by atoms with van der Waals surface area (Å²) in [6, 6.07) is 9.01. The Labute approximate surface area is 117 Å². The van der Waals surface area contributed by atoms with Gasteiger partial charge in [-0.1, -0.05) is 19.1 Å². The second kappa shape index (κ2) is 6.53. The van der Waals surface area contributed by atoms with E-state index in [1.807, 2.05) is 4.57 Å². The van der Waals surface area contributed by atoms with Crippen LogP contribution in [-0.4, -0.2) is 15.5 Å². The molecule has 1 amide bonds. The third kappa shape index (κ3) is 3.23. The quantitative estimate of drug-likeness (QED) is 0.904. The zero-order chi connectivity index (χ0) is 14.4. The molecule has 5 nitrogen and oxygen atoms in total. The van der Waals surface area contributed by atoms with Gasteiger partial charge in [0.1, 0.15) is 18.4 Å². The predicted octanol–water partition coefficient (Wildman–Crippen LogP) is 2.35. The first-order chi connectivity index (χ1) is 9.74. The molecule has 0 aliphatic heterocycles. The Kier molecular flexibility index (Phi) is 4.51. The van der Waals surface area contributed by atoms with Crippen molar-refractivity contribution in [2.24, 2.45) is 0 Å². The Morgan fingerprint density at radius 2 is 2.25 bits per heavy atom. The molecule has 0 aliphatic rings. The molecule has 0 fully saturated rings. The first kappa shape index (κ1) is 13.8. The van der Waals surface area contributed by atoms with Gasteiger partial charge >= 0.3 is 0 Å². The summed E-state index contributed by atoms with van der Waals surface area (Å²) in [4.78, 5) is 16.3. The molecule has 0 spiro atoms. The summed E-state index contributed by atoms with van der Waals surface area (Å²) in [6.07, 6.45) is 5.31. The van der Waals surface area contributed by atoms with Crippen LogP contribution in [0.3, 0.4) is 0 Å². The van der Waals surface area contributed by atoms with Gasteiger partial charge in [-0.05, 0) is 18.6 Å². The van der Waals surface area contributed by atoms with Gasteiger partial charge in [-0.25, -0.2) is 4.98 Å². The minimum absolute atomic E-state index is 0.164. The van der Waals surface area contributed by atoms with Crippen molar-refractivity contribution in [3.63, 3.8) is 0 Å². The highest BCUT2D eigenvalue weighted by molar-refractivity contribution is 5.91. The third-order valence-corrected chi connectivity index (χ3v) is 2.91. The van der Waals surface area contributed by atoms with E-state index in [-0.39, 0.29) is 12.5 Å². The molecule has 0 bridgehead atoms. The lowest BCUT2D eigenvalue weighted by atomic mass is 10.2. The highest BCUT2D eigenvalue weighted by atomic mass is 16.1. The van der Waals surface area contributed by atoms with E-state index in [1.165, 1.54) is 0 Å². The van der Waals surface area contributed by atoms with Gasteiger partial charge in [0.05, 0.1) is 11.3 Å². The zero-order valence-electron chi connectivity index (χ0n) is 11.3. The van der Waals surface area contributed by atoms with Crippen molar-refractivity contribution in [3.05, 3.63) is 48.0 Å². The molecule has 0 atom stereocenters. The van der Waals surface area contributed by atoms with Crippen LogP contribution < -0.4 is 5.32 Å². The number of imidazole rings is 1. The minimum atomic E-state index is -0.164. The smallest absolute Gasteiger partial charge is 0.244 e. The number of aromatic nitrogens is 2. The number of benzene rings is 1. The summed E-state index contributed by atoms with van der Waals surface area (Å²) in [5.74, 6) is 0.735. The molecule has 1 heterocycles. The number of hydrogen-bond acceptors (Lipinski definition) is 3. The number of amides is 1. The van der Waals surface area contributed by atoms with Crippen molar-refractivity contribution in [1.29, 1.82) is 5.26 Å². The van der Waals surface area contributed by atoms with E-state index in [0.717, 1.165) is 18.7 Å². The summed E-state index contributed by atoms with van der Waals surface area (Å²) in [5.41, 5.74) is 0.998. The molecule has 2 aromatic rings. The van der Waals surface area contributed by atoms with Gasteiger partial charge in [0.15, 0.2) is 0 Å². The summed E-state index contributed by atoms with van der Waals surface area (Å²) in [5, 5.41) is 11.7. The van der Waals surface area contributed by atoms with Crippen molar-refractivity contribution >= 4 is 11.6 Å². The number of anilines is 1. The van der Waals surface area contributed by atoms with Crippen LogP contribution in [0.25, 0.3) is 0 Å². The largest absolute Gasteiger partial charge is 0.326 e. The molecule has 1 N–H and O–H groups in total. The number of rotatable bonds is 5. The number of carbonyl (C=O) groups is 1. The number of nitrogens with one attached hydrogen (secondary N) is 1. The molecular weight excluding hydrogens is 252 g/mol. The van der Waals surface area contributed by atoms with Crippen molar-refractivity contribution in [1.82, 2.24) is 9.55 Å². The average Bonchev–Trinajstić information content (AvgIpc) is 2.87. The lowest BCUT2D eigenvalue weighted by molar-refractivity contribution is -0.116. The van der Waals surface area contributed by atoms with E-state index in [2.05, 4.69) is 23.3 Å². The van der Waals surface area contributed by atoms with Crippen LogP contribution in [0.2, 0.25) is 0 Å². The topological polar surface area (TPSA) is 70.7 Å². The molecule has 0 unspecified atom stereocenters. The van der Waals surface area contributed by atoms with E-state index in [4.69, 9.17) is 5.26 Å². The van der Waals surface area contributed by atoms with Crippen LogP contribution in [0.5, 0.6) is 0 Å². The Morgan fingerprint density at radius 1 is 1.45 bits per heavy atom. The lowest BCUT2D eigenvalue weighted by Gasteiger charge is -2.09. The molecule has 5 heteroatoms. The van der Waals surface area contributed by atoms with Crippen LogP contribution >= 0.6 is 0 Å². The molecular formula is C15H16N4O. The second-order valence-electron chi connectivity index (χ2n) is 4.43. The number of hydrogen-bond donors (Lipinski definition) is 1. The van der Waals surface area contributed by atoms with Crippen LogP contribution in [-0.2, 0) is 17.8 Å². The molecule has 0 radical (unpaired) electrons. The van der Waals surface area contributed by atoms with Gasteiger partial charge in [-0.15, -0.1) is 0 Å². The SMILES string of the molecule is CCCc1nccn1CC(=O)Nc1ccccc1C#N. The number of para-hydroxylation sites is 1. The molecule has 0 saturated carbocycles. The highest BCUT2D eigenvalue weighted by Crippen LogP contribution is 2.13. The molecule has 2 rings (SSSR count). The van der Waals surface area contributed by atoms with E-state index in [0.29, 0.717) is 11.3 Å². The molecule has 20 heavy (non-hydrogen) atoms. The predicted molar refractivity (Wildman–Crippen MR) is 76.0 cm³/mol. The van der Waals surface area contributed by atoms with E-state index >= 15 is 0 Å². The Bertz CT molecular complexity index is 639. The molecule has 1 aromatic heterocycles. The van der Waals surface area contributed by atoms with Crippen molar-refractivity contribution in [2.45, 2.75) is 26.3 Å². The van der Waals surface area contributed by atoms with Gasteiger partial charge in [0.2, 0.25) is 5.91 Å². The number of nitriles is 1. The van der Waals surface area contributed by atoms with Gasteiger partial charge in [0, 0.05) is 18.8 Å². The van der Waals surface area contributed by atoms with Crippen molar-refractivity contribution < 1.29 is 4.79 Å². The Morgan fingerprint density at radius 3 is 3.00 bits per heavy atom. The number of carbonyl (C=O) groups excluding carboxylic acids is 1. The monoisotopic (exact) mass is 268 g/mol. The fourth-order valence-corrected chi connectivity index (χ4v) is 1.97. The molecule has 1 aromatic carbocycles. The van der Waals surface area contributed by atoms with E-state index < -0.39 is 0 Å². The van der Waals surface area contributed by atoms with Gasteiger partial charge in [-0.2, -0.15) is 5.26 Å². The van der Waals surface area contributed by atoms with Crippen LogP contribution in [0, 0.1) is 11.3 Å². The Hall–Kier alpha value is -2.61. The molecule has 0 saturated heterocycles. The summed E-state index contributed by atoms with van der Waals surface area (Å²) >= 11 is 0. The Balaban J connectivity index is 2.06. The maximum atomic E-state index is 12.0. The van der Waals surface area contributed by atoms with E-state index in [1.54, 1.807) is 36.7 Å². The lowest BCUT2D eigenvalue weighted by Crippen LogP contribution is -2.20. The van der Waals surface area contributed by atoms with Gasteiger partial charge in [-0.3, -0.25) is 4.79 Å². The number of aryl methyl sites for hydroxylation is 1. The fraction of sp³-hybridized carbons (Fsp3) is 0.267. The normalized spacial score (nSPS) is 10.0. The minimum Gasteiger partial charge on any atom is -0.326 e. The first-order valence-corrected chi connectivity index (χ1v) is 6.53.